The first kappa shape index (κ1) is 25.1. The van der Waals surface area contributed by atoms with E-state index in [0.29, 0.717) is 24.3 Å². The monoisotopic (exact) mass is 515 g/mol. The highest BCUT2D eigenvalue weighted by molar-refractivity contribution is 5.98. The van der Waals surface area contributed by atoms with Gasteiger partial charge in [-0.2, -0.15) is 0 Å². The number of benzene rings is 1. The zero-order valence-electron chi connectivity index (χ0n) is 21.2. The van der Waals surface area contributed by atoms with E-state index in [1.165, 1.54) is 4.58 Å². The lowest BCUT2D eigenvalue weighted by Gasteiger charge is -2.43. The van der Waals surface area contributed by atoms with Gasteiger partial charge in [0, 0.05) is 12.0 Å². The van der Waals surface area contributed by atoms with Gasteiger partial charge in [0.2, 0.25) is 17.4 Å². The molecule has 0 radical (unpaired) electrons. The largest absolute Gasteiger partial charge is 0.492 e. The molecule has 1 unspecified atom stereocenters. The second-order valence-corrected chi connectivity index (χ2v) is 10.7. The number of para-hydroxylation sites is 1. The maximum atomic E-state index is 13.5. The SMILES string of the molecule is CCC(=O)NC[C@@H]1NC(N)=[N+]2CC(NC(=O)c3cccc4c3OCCC4(C)C)C(O)(O)[C@@]23NC(N)=N[C@@H]13. The number of guanidine groups is 2. The van der Waals surface area contributed by atoms with Gasteiger partial charge in [0.15, 0.2) is 5.96 Å². The summed E-state index contributed by atoms with van der Waals surface area (Å²) in [6.45, 7) is 6.48. The summed E-state index contributed by atoms with van der Waals surface area (Å²) in [4.78, 5) is 29.8. The smallest absolute Gasteiger partial charge is 0.346 e. The number of nitrogens with two attached hydrogens (primary N) is 2. The van der Waals surface area contributed by atoms with Crippen molar-refractivity contribution in [3.05, 3.63) is 29.3 Å². The number of nitrogens with one attached hydrogen (secondary N) is 4. The molecule has 1 saturated heterocycles. The van der Waals surface area contributed by atoms with Crippen LogP contribution in [-0.4, -0.2) is 87.8 Å². The fourth-order valence-electron chi connectivity index (χ4n) is 5.86. The van der Waals surface area contributed by atoms with Crippen LogP contribution in [0, 0.1) is 0 Å². The summed E-state index contributed by atoms with van der Waals surface area (Å²) < 4.78 is 7.40. The van der Waals surface area contributed by atoms with Crippen LogP contribution in [0.15, 0.2) is 23.2 Å². The Hall–Kier alpha value is -3.58. The molecule has 4 aliphatic heterocycles. The van der Waals surface area contributed by atoms with Crippen molar-refractivity contribution in [2.24, 2.45) is 16.5 Å². The molecule has 200 valence electrons. The number of nitrogens with zero attached hydrogens (tertiary/aromatic N) is 2. The lowest BCUT2D eigenvalue weighted by Crippen LogP contribution is -2.79. The predicted octanol–water partition coefficient (Wildman–Crippen LogP) is -2.65. The molecule has 0 aliphatic carbocycles. The molecule has 4 heterocycles. The van der Waals surface area contributed by atoms with Crippen molar-refractivity contribution >= 4 is 23.7 Å². The third-order valence-electron chi connectivity index (χ3n) is 7.98. The molecule has 2 amide bonds. The molecule has 4 aliphatic rings. The van der Waals surface area contributed by atoms with Gasteiger partial charge in [-0.3, -0.25) is 20.6 Å². The van der Waals surface area contributed by atoms with E-state index >= 15 is 0 Å². The molecule has 0 aromatic heterocycles. The maximum absolute atomic E-state index is 13.5. The molecular formula is C24H35N8O5+. The summed E-state index contributed by atoms with van der Waals surface area (Å²) in [5.74, 6) is -2.61. The molecular weight excluding hydrogens is 480 g/mol. The van der Waals surface area contributed by atoms with E-state index in [9.17, 15) is 19.8 Å². The summed E-state index contributed by atoms with van der Waals surface area (Å²) in [5.41, 5.74) is 11.7. The number of aliphatic imine (C=N–C) groups is 1. The summed E-state index contributed by atoms with van der Waals surface area (Å²) in [6, 6.07) is 2.77. The number of amides is 2. The van der Waals surface area contributed by atoms with Crippen LogP contribution in [-0.2, 0) is 10.2 Å². The first-order valence-electron chi connectivity index (χ1n) is 12.5. The van der Waals surface area contributed by atoms with Crippen molar-refractivity contribution < 1.29 is 29.1 Å². The highest BCUT2D eigenvalue weighted by Gasteiger charge is 2.75. The van der Waals surface area contributed by atoms with Gasteiger partial charge in [-0.1, -0.05) is 32.9 Å². The number of hydrogen-bond donors (Lipinski definition) is 8. The van der Waals surface area contributed by atoms with Crippen molar-refractivity contribution in [1.82, 2.24) is 21.3 Å². The number of hydrogen-bond acceptors (Lipinski definition) is 10. The van der Waals surface area contributed by atoms with Crippen LogP contribution in [0.2, 0.25) is 0 Å². The maximum Gasteiger partial charge on any atom is 0.346 e. The van der Waals surface area contributed by atoms with Gasteiger partial charge in [0.25, 0.3) is 5.91 Å². The van der Waals surface area contributed by atoms with Crippen LogP contribution < -0.4 is 37.5 Å². The Morgan fingerprint density at radius 3 is 2.78 bits per heavy atom. The molecule has 37 heavy (non-hydrogen) atoms. The van der Waals surface area contributed by atoms with Crippen LogP contribution in [0.25, 0.3) is 0 Å². The van der Waals surface area contributed by atoms with E-state index in [-0.39, 0.29) is 36.3 Å². The molecule has 1 aromatic carbocycles. The van der Waals surface area contributed by atoms with Crippen LogP contribution in [0.1, 0.15) is 49.5 Å². The molecule has 4 atom stereocenters. The standard InChI is InChI=1S/C24H34N8O5/c1-4-16(33)27-10-14-18-23(31-20(25)30-18)24(35,36)15(11-32(23)21(26)28-14)29-19(34)12-6-5-7-13-17(12)37-9-8-22(13,2)3/h5-7,14-15,18,35-36H,4,8-11H2,1-3H3,(H7,25,26,27,28,29,30,31,33,34)/p+1/t14-,15?,18-,23-/m0/s1. The third kappa shape index (κ3) is 3.67. The van der Waals surface area contributed by atoms with Crippen molar-refractivity contribution in [1.29, 1.82) is 0 Å². The van der Waals surface area contributed by atoms with Gasteiger partial charge in [0.1, 0.15) is 23.9 Å². The highest BCUT2D eigenvalue weighted by atomic mass is 16.5. The minimum Gasteiger partial charge on any atom is -0.492 e. The lowest BCUT2D eigenvalue weighted by molar-refractivity contribution is -0.623. The lowest BCUT2D eigenvalue weighted by atomic mass is 9.79. The number of rotatable bonds is 5. The zero-order chi connectivity index (χ0) is 26.8. The normalized spacial score (nSPS) is 30.5. The van der Waals surface area contributed by atoms with Crippen molar-refractivity contribution in [2.45, 2.75) is 68.6 Å². The van der Waals surface area contributed by atoms with Gasteiger partial charge in [-0.15, -0.1) is 0 Å². The van der Waals surface area contributed by atoms with Crippen LogP contribution in [0.3, 0.4) is 0 Å². The average molecular weight is 516 g/mol. The van der Waals surface area contributed by atoms with Crippen molar-refractivity contribution in [2.75, 3.05) is 19.7 Å². The summed E-state index contributed by atoms with van der Waals surface area (Å²) in [6.07, 6.45) is 1.11. The minimum atomic E-state index is -2.55. The van der Waals surface area contributed by atoms with Gasteiger partial charge in [-0.25, -0.2) is 9.57 Å². The van der Waals surface area contributed by atoms with Gasteiger partial charge >= 0.3 is 5.96 Å². The molecule has 0 bridgehead atoms. The predicted molar refractivity (Wildman–Crippen MR) is 134 cm³/mol. The van der Waals surface area contributed by atoms with E-state index in [1.807, 2.05) is 6.07 Å². The fourth-order valence-corrected chi connectivity index (χ4v) is 5.86. The van der Waals surface area contributed by atoms with Gasteiger partial charge < -0.3 is 36.6 Å². The Balaban J connectivity index is 1.46. The van der Waals surface area contributed by atoms with Crippen LogP contribution in [0.5, 0.6) is 5.75 Å². The highest BCUT2D eigenvalue weighted by Crippen LogP contribution is 2.43. The number of carbonyl (C=O) groups excluding carboxylic acids is 2. The fraction of sp³-hybridized carbons (Fsp3) is 0.583. The minimum absolute atomic E-state index is 0.00877. The van der Waals surface area contributed by atoms with E-state index < -0.39 is 35.5 Å². The molecule has 1 aromatic rings. The topological polar surface area (TPSA) is 199 Å². The Morgan fingerprint density at radius 2 is 2.05 bits per heavy atom. The number of fused-ring (bicyclic) bond motifs is 1. The van der Waals surface area contributed by atoms with Gasteiger partial charge in [0.05, 0.1) is 25.3 Å². The zero-order valence-corrected chi connectivity index (χ0v) is 21.2. The summed E-state index contributed by atoms with van der Waals surface area (Å²) in [5, 5.41) is 34.8. The third-order valence-corrected chi connectivity index (χ3v) is 7.98. The Morgan fingerprint density at radius 1 is 1.30 bits per heavy atom. The second kappa shape index (κ2) is 8.48. The summed E-state index contributed by atoms with van der Waals surface area (Å²) in [7, 11) is 0. The molecule has 13 nitrogen and oxygen atoms in total. The van der Waals surface area contributed by atoms with E-state index in [1.54, 1.807) is 19.1 Å². The van der Waals surface area contributed by atoms with Crippen molar-refractivity contribution in [3.8, 4) is 5.75 Å². The van der Waals surface area contributed by atoms with Crippen molar-refractivity contribution in [3.63, 3.8) is 0 Å². The van der Waals surface area contributed by atoms with Gasteiger partial charge in [-0.05, 0) is 17.9 Å². The molecule has 1 fully saturated rings. The molecule has 1 spiro atoms. The van der Waals surface area contributed by atoms with Crippen LogP contribution >= 0.6 is 0 Å². The molecule has 0 saturated carbocycles. The Kier molecular flexibility index (Phi) is 5.75. The molecule has 13 heteroatoms. The van der Waals surface area contributed by atoms with E-state index in [4.69, 9.17) is 16.2 Å². The number of ether oxygens (including phenoxy) is 1. The second-order valence-electron chi connectivity index (χ2n) is 10.7. The first-order chi connectivity index (χ1) is 17.4. The molecule has 5 rings (SSSR count). The quantitative estimate of drug-likeness (QED) is 0.152. The van der Waals surface area contributed by atoms with E-state index in [2.05, 4.69) is 40.1 Å². The number of carbonyl (C=O) groups is 2. The number of aliphatic hydroxyl groups is 2. The summed E-state index contributed by atoms with van der Waals surface area (Å²) >= 11 is 0. The average Bonchev–Trinajstić information content (AvgIpc) is 3.31. The van der Waals surface area contributed by atoms with E-state index in [0.717, 1.165) is 12.0 Å². The Bertz CT molecular complexity index is 1210. The first-order valence-corrected chi connectivity index (χ1v) is 12.5. The Labute approximate surface area is 214 Å². The van der Waals surface area contributed by atoms with Crippen LogP contribution in [0.4, 0.5) is 0 Å². The molecule has 10 N–H and O–H groups in total.